The average Bonchev–Trinajstić information content (AvgIpc) is 2.85. The zero-order chi connectivity index (χ0) is 18.6. The molecule has 0 spiro atoms. The van der Waals surface area contributed by atoms with Gasteiger partial charge in [0.25, 0.3) is 10.0 Å². The summed E-state index contributed by atoms with van der Waals surface area (Å²) < 4.78 is 41.3. The van der Waals surface area contributed by atoms with Crippen molar-refractivity contribution in [1.29, 1.82) is 0 Å². The Bertz CT molecular complexity index is 1040. The van der Waals surface area contributed by atoms with Crippen LogP contribution in [0.15, 0.2) is 35.2 Å². The van der Waals surface area contributed by atoms with Gasteiger partial charge in [-0.1, -0.05) is 11.6 Å². The number of hydrogen-bond donors (Lipinski definition) is 1. The largest absolute Gasteiger partial charge is 0.311 e. The number of hydrogen-bond acceptors (Lipinski definition) is 3. The van der Waals surface area contributed by atoms with E-state index >= 15 is 0 Å². The fourth-order valence-corrected chi connectivity index (χ4v) is 4.91. The van der Waals surface area contributed by atoms with Gasteiger partial charge in [0.2, 0.25) is 5.91 Å². The lowest BCUT2D eigenvalue weighted by molar-refractivity contribution is -0.119. The lowest BCUT2D eigenvalue weighted by atomic mass is 9.97. The molecule has 5 nitrogen and oxygen atoms in total. The van der Waals surface area contributed by atoms with Gasteiger partial charge in [0, 0.05) is 6.54 Å². The minimum absolute atomic E-state index is 0.00812. The van der Waals surface area contributed by atoms with E-state index < -0.39 is 15.8 Å². The third-order valence-electron chi connectivity index (χ3n) is 4.87. The van der Waals surface area contributed by atoms with Crippen molar-refractivity contribution < 1.29 is 17.6 Å². The van der Waals surface area contributed by atoms with E-state index in [9.17, 15) is 17.6 Å². The van der Waals surface area contributed by atoms with E-state index in [2.05, 4.69) is 4.72 Å². The number of benzene rings is 2. The van der Waals surface area contributed by atoms with E-state index in [-0.39, 0.29) is 27.4 Å². The van der Waals surface area contributed by atoms with Crippen LogP contribution in [0.3, 0.4) is 0 Å². The van der Waals surface area contributed by atoms with Crippen LogP contribution in [0.1, 0.15) is 30.4 Å². The van der Waals surface area contributed by atoms with Crippen molar-refractivity contribution >= 4 is 38.9 Å². The second kappa shape index (κ2) is 5.96. The highest BCUT2D eigenvalue weighted by Crippen LogP contribution is 2.44. The van der Waals surface area contributed by atoms with E-state index in [1.54, 1.807) is 24.0 Å². The molecular weight excluding hydrogens is 379 g/mol. The van der Waals surface area contributed by atoms with Crippen LogP contribution in [0.5, 0.6) is 0 Å². The number of nitrogens with zero attached hydrogens (tertiary/aromatic N) is 1. The van der Waals surface area contributed by atoms with Gasteiger partial charge in [-0.2, -0.15) is 0 Å². The molecule has 4 rings (SSSR count). The molecule has 0 radical (unpaired) electrons. The molecule has 26 heavy (non-hydrogen) atoms. The second-order valence-electron chi connectivity index (χ2n) is 6.57. The Balaban J connectivity index is 1.76. The topological polar surface area (TPSA) is 66.5 Å². The van der Waals surface area contributed by atoms with Crippen LogP contribution in [-0.4, -0.2) is 20.9 Å². The van der Waals surface area contributed by atoms with Gasteiger partial charge in [-0.25, -0.2) is 12.8 Å². The fraction of sp³-hybridized carbons (Fsp3) is 0.278. The summed E-state index contributed by atoms with van der Waals surface area (Å²) in [6, 6.07) is 6.80. The maximum Gasteiger partial charge on any atom is 0.261 e. The number of sulfonamides is 1. The summed E-state index contributed by atoms with van der Waals surface area (Å²) in [6.45, 7) is 2.46. The molecule has 0 unspecified atom stereocenters. The van der Waals surface area contributed by atoms with Crippen molar-refractivity contribution in [3.05, 3.63) is 52.3 Å². The Hall–Kier alpha value is -2.12. The minimum atomic E-state index is -3.89. The molecule has 0 aliphatic carbocycles. The Labute approximate surface area is 155 Å². The van der Waals surface area contributed by atoms with E-state index in [1.165, 1.54) is 12.1 Å². The zero-order valence-corrected chi connectivity index (χ0v) is 15.5. The smallest absolute Gasteiger partial charge is 0.261 e. The molecule has 0 saturated carbocycles. The summed E-state index contributed by atoms with van der Waals surface area (Å²) in [5, 5.41) is -0.163. The average molecular weight is 395 g/mol. The molecule has 0 bridgehead atoms. The monoisotopic (exact) mass is 394 g/mol. The van der Waals surface area contributed by atoms with Crippen LogP contribution in [0.25, 0.3) is 0 Å². The van der Waals surface area contributed by atoms with Gasteiger partial charge < -0.3 is 4.90 Å². The first-order valence-electron chi connectivity index (χ1n) is 8.24. The van der Waals surface area contributed by atoms with Gasteiger partial charge in [-0.3, -0.25) is 9.52 Å². The molecule has 0 aromatic heterocycles. The molecule has 136 valence electrons. The normalized spacial score (nSPS) is 18.8. The number of amides is 1. The predicted molar refractivity (Wildman–Crippen MR) is 97.7 cm³/mol. The molecular formula is C18H16ClFN2O3S. The molecule has 1 amide bonds. The Kier molecular flexibility index (Phi) is 3.96. The number of rotatable bonds is 3. The highest BCUT2D eigenvalue weighted by atomic mass is 35.5. The summed E-state index contributed by atoms with van der Waals surface area (Å²) in [5.41, 5.74) is 2.64. The zero-order valence-electron chi connectivity index (χ0n) is 13.9. The second-order valence-corrected chi connectivity index (χ2v) is 8.66. The van der Waals surface area contributed by atoms with Crippen LogP contribution in [0.2, 0.25) is 5.02 Å². The van der Waals surface area contributed by atoms with Gasteiger partial charge in [-0.15, -0.1) is 0 Å². The quantitative estimate of drug-likeness (QED) is 0.863. The first-order chi connectivity index (χ1) is 12.3. The van der Waals surface area contributed by atoms with Gasteiger partial charge in [-0.05, 0) is 61.2 Å². The van der Waals surface area contributed by atoms with Crippen LogP contribution in [-0.2, 0) is 21.2 Å². The Morgan fingerprint density at radius 1 is 1.27 bits per heavy atom. The van der Waals surface area contributed by atoms with E-state index in [4.69, 9.17) is 11.6 Å². The number of anilines is 2. The molecule has 2 aliphatic rings. The number of halogens is 2. The molecule has 0 saturated heterocycles. The van der Waals surface area contributed by atoms with Crippen LogP contribution in [0.4, 0.5) is 15.8 Å². The van der Waals surface area contributed by atoms with Gasteiger partial charge in [0.05, 0.1) is 27.2 Å². The fourth-order valence-electron chi connectivity index (χ4n) is 3.59. The third kappa shape index (κ3) is 2.66. The van der Waals surface area contributed by atoms with Crippen molar-refractivity contribution in [2.45, 2.75) is 30.6 Å². The Morgan fingerprint density at radius 3 is 2.77 bits per heavy atom. The van der Waals surface area contributed by atoms with Gasteiger partial charge >= 0.3 is 0 Å². The van der Waals surface area contributed by atoms with E-state index in [1.807, 2.05) is 0 Å². The maximum atomic E-state index is 13.3. The summed E-state index contributed by atoms with van der Waals surface area (Å²) in [5.74, 6) is -0.977. The molecule has 0 fully saturated rings. The van der Waals surface area contributed by atoms with Crippen LogP contribution >= 0.6 is 11.6 Å². The predicted octanol–water partition coefficient (Wildman–Crippen LogP) is 3.68. The number of carbonyl (C=O) groups is 1. The minimum Gasteiger partial charge on any atom is -0.311 e. The van der Waals surface area contributed by atoms with Gasteiger partial charge in [0.1, 0.15) is 5.82 Å². The molecule has 1 N–H and O–H groups in total. The first-order valence-corrected chi connectivity index (χ1v) is 10.1. The molecule has 2 aliphatic heterocycles. The molecule has 1 atom stereocenters. The summed E-state index contributed by atoms with van der Waals surface area (Å²) in [6.07, 6.45) is 1.53. The number of nitrogens with one attached hydrogen (secondary N) is 1. The van der Waals surface area contributed by atoms with Crippen molar-refractivity contribution in [3.63, 3.8) is 0 Å². The lowest BCUT2D eigenvalue weighted by Gasteiger charge is -2.26. The molecule has 2 heterocycles. The number of aryl methyl sites for hydroxylation is 1. The Morgan fingerprint density at radius 2 is 2.04 bits per heavy atom. The van der Waals surface area contributed by atoms with E-state index in [0.29, 0.717) is 6.54 Å². The van der Waals surface area contributed by atoms with Crippen molar-refractivity contribution in [2.75, 3.05) is 16.2 Å². The van der Waals surface area contributed by atoms with Crippen molar-refractivity contribution in [3.8, 4) is 0 Å². The first kappa shape index (κ1) is 17.3. The van der Waals surface area contributed by atoms with E-state index in [0.717, 1.165) is 35.7 Å². The SMILES string of the molecule is C[C@@H]1C(=O)N2CCCc3cc(S(=O)(=O)Nc4ccc(F)c(Cl)c4)cc1c32. The highest BCUT2D eigenvalue weighted by molar-refractivity contribution is 7.92. The molecule has 2 aromatic rings. The summed E-state index contributed by atoms with van der Waals surface area (Å²) in [7, 11) is -3.89. The lowest BCUT2D eigenvalue weighted by Crippen LogP contribution is -2.32. The number of carbonyl (C=O) groups excluding carboxylic acids is 1. The highest BCUT2D eigenvalue weighted by Gasteiger charge is 2.38. The van der Waals surface area contributed by atoms with Crippen molar-refractivity contribution in [1.82, 2.24) is 0 Å². The molecule has 8 heteroatoms. The van der Waals surface area contributed by atoms with Crippen molar-refractivity contribution in [2.24, 2.45) is 0 Å². The van der Waals surface area contributed by atoms with Gasteiger partial charge in [0.15, 0.2) is 0 Å². The summed E-state index contributed by atoms with van der Waals surface area (Å²) in [4.78, 5) is 14.3. The van der Waals surface area contributed by atoms with Crippen LogP contribution in [0, 0.1) is 5.82 Å². The molecule has 2 aromatic carbocycles. The standard InChI is InChI=1S/C18H16ClFN2O3S/c1-10-14-9-13(7-11-3-2-6-22(17(11)14)18(10)23)26(24,25)21-12-4-5-16(20)15(19)8-12/h4-5,7-10,21H,2-3,6H2,1H3/t10-/m0/s1. The third-order valence-corrected chi connectivity index (χ3v) is 6.53. The summed E-state index contributed by atoms with van der Waals surface area (Å²) >= 11 is 5.72. The maximum absolute atomic E-state index is 13.3. The van der Waals surface area contributed by atoms with Crippen LogP contribution < -0.4 is 9.62 Å².